The molecule has 1 aliphatic heterocycles. The molecule has 1 heterocycles. The van der Waals surface area contributed by atoms with Gasteiger partial charge in [0.05, 0.1) is 52.9 Å². The molecule has 2 radical (unpaired) electrons. The molecule has 1 aliphatic rings. The van der Waals surface area contributed by atoms with Crippen LogP contribution in [0.15, 0.2) is 0 Å². The molecule has 0 atom stereocenters. The van der Waals surface area contributed by atoms with Crippen molar-refractivity contribution in [2.45, 2.75) is 0 Å². The topological polar surface area (TPSA) is 65.1 Å². The van der Waals surface area contributed by atoms with Crippen molar-refractivity contribution < 1.29 is 18.9 Å². The Kier molecular flexibility index (Phi) is 11.6. The number of hydrogen-bond acceptors (Lipinski definition) is 4. The van der Waals surface area contributed by atoms with E-state index in [0.717, 1.165) is 26.2 Å². The van der Waals surface area contributed by atoms with E-state index in [1.54, 1.807) is 0 Å². The molecule has 0 aliphatic carbocycles. The van der Waals surface area contributed by atoms with Gasteiger partial charge in [0.15, 0.2) is 0 Å². The summed E-state index contributed by atoms with van der Waals surface area (Å²) in [5, 5.41) is 8.58. The van der Waals surface area contributed by atoms with Gasteiger partial charge < -0.3 is 18.9 Å². The molecule has 0 aromatic rings. The minimum absolute atomic E-state index is 0.620. The normalized spacial score (nSPS) is 24.0. The molecule has 1 saturated heterocycles. The first kappa shape index (κ1) is 15.8. The van der Waals surface area contributed by atoms with Gasteiger partial charge in [-0.05, 0) is 0 Å². The SMILES string of the molecule is C1COCCOCC[N]CCOCCOCC[N]1. The lowest BCUT2D eigenvalue weighted by atomic mass is 10.6. The molecular weight excluding hydrogens is 236 g/mol. The molecule has 0 aromatic heterocycles. The molecule has 6 nitrogen and oxygen atoms in total. The third kappa shape index (κ3) is 10.9. The molecule has 0 spiro atoms. The highest BCUT2D eigenvalue weighted by molar-refractivity contribution is 4.47. The predicted octanol–water partition coefficient (Wildman–Crippen LogP) is -0.725. The highest BCUT2D eigenvalue weighted by Crippen LogP contribution is 1.82. The Balaban J connectivity index is 2.00. The highest BCUT2D eigenvalue weighted by atomic mass is 16.5. The van der Waals surface area contributed by atoms with Gasteiger partial charge in [-0.3, -0.25) is 0 Å². The fourth-order valence-corrected chi connectivity index (χ4v) is 1.38. The van der Waals surface area contributed by atoms with Crippen molar-refractivity contribution in [3.05, 3.63) is 0 Å². The number of hydrogen-bond donors (Lipinski definition) is 0. The maximum Gasteiger partial charge on any atom is 0.0701 e. The number of nitrogens with zero attached hydrogens (tertiary/aromatic N) is 2. The second-order valence-corrected chi connectivity index (χ2v) is 3.79. The van der Waals surface area contributed by atoms with Crippen molar-refractivity contribution in [1.29, 1.82) is 0 Å². The summed E-state index contributed by atoms with van der Waals surface area (Å²) in [7, 11) is 0. The van der Waals surface area contributed by atoms with Crippen LogP contribution in [0.2, 0.25) is 0 Å². The van der Waals surface area contributed by atoms with Crippen LogP contribution in [0.25, 0.3) is 0 Å². The molecule has 0 N–H and O–H groups in total. The summed E-state index contributed by atoms with van der Waals surface area (Å²) in [6.07, 6.45) is 0. The highest BCUT2D eigenvalue weighted by Gasteiger charge is 1.95. The van der Waals surface area contributed by atoms with Gasteiger partial charge in [-0.25, -0.2) is 10.6 Å². The molecule has 1 rings (SSSR count). The Bertz CT molecular complexity index is 97.1. The smallest absolute Gasteiger partial charge is 0.0701 e. The minimum Gasteiger partial charge on any atom is -0.378 e. The van der Waals surface area contributed by atoms with E-state index in [9.17, 15) is 0 Å². The van der Waals surface area contributed by atoms with Crippen LogP contribution < -0.4 is 10.6 Å². The number of rotatable bonds is 0. The van der Waals surface area contributed by atoms with Crippen molar-refractivity contribution in [3.63, 3.8) is 0 Å². The van der Waals surface area contributed by atoms with E-state index in [1.807, 2.05) is 0 Å². The van der Waals surface area contributed by atoms with Gasteiger partial charge in [-0.2, -0.15) is 0 Å². The van der Waals surface area contributed by atoms with E-state index in [4.69, 9.17) is 18.9 Å². The molecule has 0 aromatic carbocycles. The Morgan fingerprint density at radius 1 is 0.389 bits per heavy atom. The fraction of sp³-hybridized carbons (Fsp3) is 1.00. The van der Waals surface area contributed by atoms with E-state index in [-0.39, 0.29) is 0 Å². The van der Waals surface area contributed by atoms with E-state index in [2.05, 4.69) is 10.6 Å². The summed E-state index contributed by atoms with van der Waals surface area (Å²) in [4.78, 5) is 0. The van der Waals surface area contributed by atoms with E-state index in [1.165, 1.54) is 0 Å². The summed E-state index contributed by atoms with van der Waals surface area (Å²) < 4.78 is 21.5. The number of ether oxygens (including phenoxy) is 4. The Morgan fingerprint density at radius 2 is 0.667 bits per heavy atom. The average molecular weight is 260 g/mol. The first-order chi connectivity index (χ1) is 9.00. The molecule has 0 amide bonds. The Morgan fingerprint density at radius 3 is 0.944 bits per heavy atom. The summed E-state index contributed by atoms with van der Waals surface area (Å²) in [5.41, 5.74) is 0. The minimum atomic E-state index is 0.620. The maximum atomic E-state index is 5.37. The Labute approximate surface area is 109 Å². The van der Waals surface area contributed by atoms with Crippen LogP contribution in [0.3, 0.4) is 0 Å². The van der Waals surface area contributed by atoms with Gasteiger partial charge in [-0.1, -0.05) is 0 Å². The molecule has 1 fully saturated rings. The predicted molar refractivity (Wildman–Crippen MR) is 67.0 cm³/mol. The van der Waals surface area contributed by atoms with Crippen molar-refractivity contribution >= 4 is 0 Å². The second kappa shape index (κ2) is 13.2. The largest absolute Gasteiger partial charge is 0.378 e. The molecule has 0 saturated carbocycles. The van der Waals surface area contributed by atoms with Crippen LogP contribution >= 0.6 is 0 Å². The van der Waals surface area contributed by atoms with Gasteiger partial charge in [0.25, 0.3) is 0 Å². The summed E-state index contributed by atoms with van der Waals surface area (Å²) in [6.45, 7) is 7.95. The molecule has 18 heavy (non-hydrogen) atoms. The molecule has 106 valence electrons. The third-order valence-corrected chi connectivity index (χ3v) is 2.32. The lowest BCUT2D eigenvalue weighted by Gasteiger charge is -2.08. The van der Waals surface area contributed by atoms with Gasteiger partial charge in [0.1, 0.15) is 0 Å². The zero-order valence-electron chi connectivity index (χ0n) is 11.0. The van der Waals surface area contributed by atoms with E-state index in [0.29, 0.717) is 52.9 Å². The summed E-state index contributed by atoms with van der Waals surface area (Å²) in [5.74, 6) is 0. The first-order valence-corrected chi connectivity index (χ1v) is 6.57. The van der Waals surface area contributed by atoms with Crippen LogP contribution in [0, 0.1) is 0 Å². The van der Waals surface area contributed by atoms with E-state index < -0.39 is 0 Å². The monoisotopic (exact) mass is 260 g/mol. The third-order valence-electron chi connectivity index (χ3n) is 2.32. The second-order valence-electron chi connectivity index (χ2n) is 3.79. The van der Waals surface area contributed by atoms with Crippen molar-refractivity contribution in [1.82, 2.24) is 10.6 Å². The van der Waals surface area contributed by atoms with Gasteiger partial charge in [0.2, 0.25) is 0 Å². The van der Waals surface area contributed by atoms with Gasteiger partial charge in [0, 0.05) is 26.2 Å². The summed E-state index contributed by atoms with van der Waals surface area (Å²) in [6, 6.07) is 0. The van der Waals surface area contributed by atoms with Gasteiger partial charge >= 0.3 is 0 Å². The quantitative estimate of drug-likeness (QED) is 0.576. The first-order valence-electron chi connectivity index (χ1n) is 6.57. The van der Waals surface area contributed by atoms with Gasteiger partial charge in [-0.15, -0.1) is 0 Å². The van der Waals surface area contributed by atoms with Crippen LogP contribution in [0.1, 0.15) is 0 Å². The fourth-order valence-electron chi connectivity index (χ4n) is 1.38. The standard InChI is InChI=1S/C12H24N2O4/c1-5-15-9-10-17-7-3-14-4-8-18-12-11-16-6-2-13-1/h1-12H2. The molecule has 0 unspecified atom stereocenters. The Hall–Kier alpha value is -0.240. The van der Waals surface area contributed by atoms with Crippen molar-refractivity contribution in [2.75, 3.05) is 79.0 Å². The van der Waals surface area contributed by atoms with Crippen LogP contribution in [0.5, 0.6) is 0 Å². The zero-order valence-corrected chi connectivity index (χ0v) is 11.0. The van der Waals surface area contributed by atoms with Crippen LogP contribution in [-0.4, -0.2) is 79.0 Å². The average Bonchev–Trinajstić information content (AvgIpc) is 2.39. The molecule has 0 bridgehead atoms. The van der Waals surface area contributed by atoms with Crippen LogP contribution in [-0.2, 0) is 18.9 Å². The van der Waals surface area contributed by atoms with Crippen LogP contribution in [0.4, 0.5) is 0 Å². The molecular formula is C12H24N2O4. The van der Waals surface area contributed by atoms with Crippen molar-refractivity contribution in [3.8, 4) is 0 Å². The molecule has 6 heteroatoms. The summed E-state index contributed by atoms with van der Waals surface area (Å²) >= 11 is 0. The van der Waals surface area contributed by atoms with E-state index >= 15 is 0 Å². The zero-order chi connectivity index (χ0) is 12.7. The lowest BCUT2D eigenvalue weighted by molar-refractivity contribution is 0.0376. The lowest BCUT2D eigenvalue weighted by Crippen LogP contribution is -2.22. The van der Waals surface area contributed by atoms with Crippen molar-refractivity contribution in [2.24, 2.45) is 0 Å². The maximum absolute atomic E-state index is 5.37.